The van der Waals surface area contributed by atoms with Gasteiger partial charge in [-0.1, -0.05) is 12.2 Å². The van der Waals surface area contributed by atoms with Gasteiger partial charge in [0, 0.05) is 12.3 Å². The van der Waals surface area contributed by atoms with Crippen molar-refractivity contribution in [3.63, 3.8) is 0 Å². The number of hydrogen-bond donors (Lipinski definition) is 2. The highest BCUT2D eigenvalue weighted by Gasteiger charge is 2.64. The summed E-state index contributed by atoms with van der Waals surface area (Å²) in [6.07, 6.45) is 1.43. The van der Waals surface area contributed by atoms with E-state index in [2.05, 4.69) is 0 Å². The first kappa shape index (κ1) is 18.1. The smallest absolute Gasteiger partial charge is 0.313 e. The molecule has 1 heterocycles. The Balaban J connectivity index is 2.18. The van der Waals surface area contributed by atoms with Gasteiger partial charge in [-0.15, -0.1) is 0 Å². The van der Waals surface area contributed by atoms with Crippen LogP contribution in [0.5, 0.6) is 11.5 Å². The summed E-state index contributed by atoms with van der Waals surface area (Å²) in [5.74, 6) is -3.74. The number of ketones is 2. The average molecular weight is 360 g/mol. The summed E-state index contributed by atoms with van der Waals surface area (Å²) in [6.45, 7) is 3.09. The number of aliphatic hydroxyl groups is 1. The number of hydrogen-bond acceptors (Lipinski definition) is 7. The lowest BCUT2D eigenvalue weighted by molar-refractivity contribution is -0.159. The van der Waals surface area contributed by atoms with Gasteiger partial charge in [0.1, 0.15) is 34.9 Å². The van der Waals surface area contributed by atoms with Crippen molar-refractivity contribution in [2.45, 2.75) is 32.0 Å². The lowest BCUT2D eigenvalue weighted by atomic mass is 9.67. The molecule has 2 aliphatic rings. The Labute approximate surface area is 150 Å². The fraction of sp³-hybridized carbons (Fsp3) is 0.421. The monoisotopic (exact) mass is 360 g/mol. The Morgan fingerprint density at radius 2 is 2.00 bits per heavy atom. The number of carbonyl (C=O) groups is 3. The Morgan fingerprint density at radius 3 is 2.62 bits per heavy atom. The van der Waals surface area contributed by atoms with E-state index in [0.29, 0.717) is 5.56 Å². The van der Waals surface area contributed by atoms with Gasteiger partial charge in [-0.2, -0.15) is 0 Å². The van der Waals surface area contributed by atoms with E-state index < -0.39 is 35.3 Å². The number of aryl methyl sites for hydroxylation is 1. The molecule has 0 unspecified atom stereocenters. The number of fused-ring (bicyclic) bond motifs is 1. The Hall–Kier alpha value is -2.67. The molecule has 0 aromatic heterocycles. The molecule has 4 atom stereocenters. The molecule has 26 heavy (non-hydrogen) atoms. The molecule has 0 saturated carbocycles. The van der Waals surface area contributed by atoms with E-state index >= 15 is 0 Å². The standard InChI is InChI=1S/C19H20O7/c1-9-6-12(21)15-13(7-9)26-19(17(15)23)14(22)5-4-11(8-10(2)20)16(19)18(24)25-3/h4-7,11,14,16,21-22H,8H2,1-3H3/t11-,14+,16-,19+/m1/s1. The first-order valence-electron chi connectivity index (χ1n) is 8.23. The second kappa shape index (κ2) is 6.25. The summed E-state index contributed by atoms with van der Waals surface area (Å²) in [4.78, 5) is 37.4. The second-order valence-corrected chi connectivity index (χ2v) is 6.78. The summed E-state index contributed by atoms with van der Waals surface area (Å²) in [5, 5.41) is 20.8. The molecule has 0 fully saturated rings. The van der Waals surface area contributed by atoms with Gasteiger partial charge in [0.05, 0.1) is 7.11 Å². The highest BCUT2D eigenvalue weighted by molar-refractivity contribution is 6.12. The lowest BCUT2D eigenvalue weighted by Crippen LogP contribution is -2.62. The van der Waals surface area contributed by atoms with Crippen LogP contribution in [0.1, 0.15) is 29.3 Å². The van der Waals surface area contributed by atoms with Crippen LogP contribution in [0, 0.1) is 18.8 Å². The van der Waals surface area contributed by atoms with E-state index in [9.17, 15) is 24.6 Å². The number of allylic oxidation sites excluding steroid dienone is 1. The number of carbonyl (C=O) groups excluding carboxylic acids is 3. The number of phenols is 1. The van der Waals surface area contributed by atoms with Gasteiger partial charge in [0.15, 0.2) is 0 Å². The SMILES string of the molecule is COC(=O)[C@H]1[C@@H](CC(C)=O)C=C[C@H](O)[C@]12Oc1cc(C)cc(O)c1C2=O. The van der Waals surface area contributed by atoms with Crippen molar-refractivity contribution in [3.8, 4) is 11.5 Å². The quantitative estimate of drug-likeness (QED) is 0.618. The van der Waals surface area contributed by atoms with Crippen molar-refractivity contribution in [2.75, 3.05) is 7.11 Å². The molecule has 0 amide bonds. The molecule has 7 nitrogen and oxygen atoms in total. The van der Waals surface area contributed by atoms with E-state index in [4.69, 9.17) is 9.47 Å². The number of rotatable bonds is 3. The molecule has 0 saturated heterocycles. The lowest BCUT2D eigenvalue weighted by Gasteiger charge is -2.41. The maximum atomic E-state index is 13.2. The fourth-order valence-electron chi connectivity index (χ4n) is 3.87. The molecule has 1 aromatic carbocycles. The predicted octanol–water partition coefficient (Wildman–Crippen LogP) is 1.33. The number of methoxy groups -OCH3 is 1. The molecular weight excluding hydrogens is 340 g/mol. The highest BCUT2D eigenvalue weighted by atomic mass is 16.5. The second-order valence-electron chi connectivity index (χ2n) is 6.78. The van der Waals surface area contributed by atoms with Crippen molar-refractivity contribution in [2.24, 2.45) is 11.8 Å². The molecule has 138 valence electrons. The van der Waals surface area contributed by atoms with E-state index in [0.717, 1.165) is 0 Å². The van der Waals surface area contributed by atoms with E-state index in [1.807, 2.05) is 0 Å². The minimum atomic E-state index is -1.98. The number of phenolic OH excluding ortho intramolecular Hbond substituents is 1. The van der Waals surface area contributed by atoms with Crippen molar-refractivity contribution < 1.29 is 34.1 Å². The highest BCUT2D eigenvalue weighted by Crippen LogP contribution is 2.50. The van der Waals surface area contributed by atoms with Gasteiger partial charge in [-0.25, -0.2) is 0 Å². The minimum Gasteiger partial charge on any atom is -0.507 e. The molecular formula is C19H20O7. The number of benzene rings is 1. The van der Waals surface area contributed by atoms with Crippen molar-refractivity contribution in [1.82, 2.24) is 0 Å². The third-order valence-electron chi connectivity index (χ3n) is 4.93. The van der Waals surface area contributed by atoms with Crippen LogP contribution in [0.2, 0.25) is 0 Å². The first-order valence-corrected chi connectivity index (χ1v) is 8.23. The van der Waals surface area contributed by atoms with Crippen LogP contribution in [0.25, 0.3) is 0 Å². The minimum absolute atomic E-state index is 0.0112. The number of aromatic hydroxyl groups is 1. The van der Waals surface area contributed by atoms with Gasteiger partial charge in [0.2, 0.25) is 11.4 Å². The van der Waals surface area contributed by atoms with Crippen LogP contribution in [-0.4, -0.2) is 46.6 Å². The van der Waals surface area contributed by atoms with Gasteiger partial charge in [0.25, 0.3) is 0 Å². The van der Waals surface area contributed by atoms with Gasteiger partial charge < -0.3 is 24.5 Å². The zero-order chi connectivity index (χ0) is 19.2. The molecule has 2 N–H and O–H groups in total. The molecule has 0 bridgehead atoms. The maximum absolute atomic E-state index is 13.2. The normalized spacial score (nSPS) is 29.4. The maximum Gasteiger partial charge on any atom is 0.313 e. The molecule has 1 spiro atoms. The Bertz CT molecular complexity index is 825. The average Bonchev–Trinajstić information content (AvgIpc) is 2.83. The third kappa shape index (κ3) is 2.50. The summed E-state index contributed by atoms with van der Waals surface area (Å²) < 4.78 is 10.7. The summed E-state index contributed by atoms with van der Waals surface area (Å²) >= 11 is 0. The zero-order valence-corrected chi connectivity index (χ0v) is 14.7. The molecule has 3 rings (SSSR count). The molecule has 1 aliphatic carbocycles. The zero-order valence-electron chi connectivity index (χ0n) is 14.7. The Kier molecular flexibility index (Phi) is 4.36. The number of esters is 1. The third-order valence-corrected chi connectivity index (χ3v) is 4.93. The number of Topliss-reactive ketones (excluding diaryl/α,β-unsaturated/α-hetero) is 2. The predicted molar refractivity (Wildman–Crippen MR) is 90.0 cm³/mol. The van der Waals surface area contributed by atoms with Crippen molar-refractivity contribution >= 4 is 17.5 Å². The van der Waals surface area contributed by atoms with Crippen molar-refractivity contribution in [1.29, 1.82) is 0 Å². The number of aliphatic hydroxyl groups excluding tert-OH is 1. The molecule has 0 radical (unpaired) electrons. The van der Waals surface area contributed by atoms with Crippen LogP contribution in [0.15, 0.2) is 24.3 Å². The van der Waals surface area contributed by atoms with Crippen molar-refractivity contribution in [3.05, 3.63) is 35.4 Å². The van der Waals surface area contributed by atoms with Gasteiger partial charge >= 0.3 is 5.97 Å². The van der Waals surface area contributed by atoms with E-state index in [1.54, 1.807) is 13.0 Å². The number of ether oxygens (including phenoxy) is 2. The summed E-state index contributed by atoms with van der Waals surface area (Å²) in [7, 11) is 1.17. The Morgan fingerprint density at radius 1 is 1.31 bits per heavy atom. The van der Waals surface area contributed by atoms with Crippen LogP contribution in [-0.2, 0) is 14.3 Å². The van der Waals surface area contributed by atoms with Crippen LogP contribution < -0.4 is 4.74 Å². The van der Waals surface area contributed by atoms with Gasteiger partial charge in [-0.3, -0.25) is 9.59 Å². The summed E-state index contributed by atoms with van der Waals surface area (Å²) in [6, 6.07) is 2.96. The van der Waals surface area contributed by atoms with E-state index in [1.165, 1.54) is 32.3 Å². The molecule has 7 heteroatoms. The van der Waals surface area contributed by atoms with Crippen LogP contribution in [0.3, 0.4) is 0 Å². The molecule has 1 aromatic rings. The van der Waals surface area contributed by atoms with Gasteiger partial charge in [-0.05, 0) is 31.5 Å². The molecule has 1 aliphatic heterocycles. The topological polar surface area (TPSA) is 110 Å². The summed E-state index contributed by atoms with van der Waals surface area (Å²) in [5.41, 5.74) is -1.41. The van der Waals surface area contributed by atoms with E-state index in [-0.39, 0.29) is 29.3 Å². The first-order chi connectivity index (χ1) is 12.2. The van der Waals surface area contributed by atoms with Crippen LogP contribution >= 0.6 is 0 Å². The fourth-order valence-corrected chi connectivity index (χ4v) is 3.87. The largest absolute Gasteiger partial charge is 0.507 e. The van der Waals surface area contributed by atoms with Crippen LogP contribution in [0.4, 0.5) is 0 Å².